The zero-order valence-electron chi connectivity index (χ0n) is 11.1. The van der Waals surface area contributed by atoms with Crippen LogP contribution in [-0.2, 0) is 20.3 Å². The highest BCUT2D eigenvalue weighted by Crippen LogP contribution is 2.07. The van der Waals surface area contributed by atoms with E-state index in [2.05, 4.69) is 5.32 Å². The molecule has 0 spiro atoms. The lowest BCUT2D eigenvalue weighted by atomic mass is 10.2. The fourth-order valence-corrected chi connectivity index (χ4v) is 2.15. The number of carboxylic acid groups (broad SMARTS) is 1. The zero-order chi connectivity index (χ0) is 14.4. The highest BCUT2D eigenvalue weighted by atomic mass is 32.2. The second-order valence-corrected chi connectivity index (χ2v) is 6.25. The molecule has 0 aromatic rings. The first-order valence-corrected chi connectivity index (χ1v) is 7.73. The van der Waals surface area contributed by atoms with Crippen molar-refractivity contribution in [2.45, 2.75) is 24.6 Å². The minimum absolute atomic E-state index is 0.000241. The lowest BCUT2D eigenvalue weighted by Crippen LogP contribution is -2.55. The molecule has 1 rings (SSSR count). The van der Waals surface area contributed by atoms with E-state index in [1.807, 2.05) is 6.92 Å². The number of nitrogens with zero attached hydrogens (tertiary/aromatic N) is 1. The summed E-state index contributed by atoms with van der Waals surface area (Å²) in [6.07, 6.45) is 2.21. The number of nitrogens with one attached hydrogen (secondary N) is 1. The summed E-state index contributed by atoms with van der Waals surface area (Å²) < 4.78 is 16.2. The summed E-state index contributed by atoms with van der Waals surface area (Å²) in [5.41, 5.74) is 0. The number of ether oxygens (including phenoxy) is 1. The molecule has 1 aliphatic rings. The molecule has 1 fully saturated rings. The van der Waals surface area contributed by atoms with Gasteiger partial charge in [0, 0.05) is 35.4 Å². The predicted octanol–water partition coefficient (Wildman–Crippen LogP) is -0.361. The third-order valence-corrected chi connectivity index (χ3v) is 4.44. The molecule has 8 heteroatoms. The highest BCUT2D eigenvalue weighted by Gasteiger charge is 2.32. The van der Waals surface area contributed by atoms with Gasteiger partial charge in [0.05, 0.1) is 13.2 Å². The first kappa shape index (κ1) is 15.9. The van der Waals surface area contributed by atoms with E-state index in [9.17, 15) is 13.8 Å². The molecule has 7 nitrogen and oxygen atoms in total. The van der Waals surface area contributed by atoms with Crippen molar-refractivity contribution in [1.82, 2.24) is 10.2 Å². The number of hydrogen-bond donors (Lipinski definition) is 2. The second kappa shape index (κ2) is 7.44. The third-order valence-electron chi connectivity index (χ3n) is 3.07. The number of carbonyl (C=O) groups is 2. The monoisotopic (exact) mass is 292 g/mol. The van der Waals surface area contributed by atoms with Gasteiger partial charge in [0.15, 0.2) is 6.04 Å². The summed E-state index contributed by atoms with van der Waals surface area (Å²) >= 11 is 0. The Labute approximate surface area is 114 Å². The molecule has 0 aromatic heterocycles. The summed E-state index contributed by atoms with van der Waals surface area (Å²) in [4.78, 5) is 24.1. The topological polar surface area (TPSA) is 95.9 Å². The van der Waals surface area contributed by atoms with Crippen molar-refractivity contribution in [1.29, 1.82) is 0 Å². The van der Waals surface area contributed by atoms with Gasteiger partial charge in [0.25, 0.3) is 0 Å². The van der Waals surface area contributed by atoms with Crippen LogP contribution in [0.1, 0.15) is 13.3 Å². The van der Waals surface area contributed by atoms with Gasteiger partial charge in [-0.2, -0.15) is 0 Å². The standard InChI is InChI=1S/C11H20N2O5S/c1-8(19(2)17)3-4-12-11(16)13-5-6-18-7-9(13)10(14)15/h8-9H,3-7H2,1-2H3,(H,12,16)(H,14,15). The highest BCUT2D eigenvalue weighted by molar-refractivity contribution is 7.84. The molecule has 3 atom stereocenters. The van der Waals surface area contributed by atoms with E-state index in [1.54, 1.807) is 6.26 Å². The minimum Gasteiger partial charge on any atom is -0.480 e. The average molecular weight is 292 g/mol. The van der Waals surface area contributed by atoms with Crippen molar-refractivity contribution in [3.63, 3.8) is 0 Å². The first-order chi connectivity index (χ1) is 8.93. The zero-order valence-corrected chi connectivity index (χ0v) is 11.9. The molecule has 0 saturated carbocycles. The molecule has 2 amide bonds. The van der Waals surface area contributed by atoms with E-state index in [0.29, 0.717) is 19.6 Å². The summed E-state index contributed by atoms with van der Waals surface area (Å²) in [5, 5.41) is 11.7. The number of morpholine rings is 1. The summed E-state index contributed by atoms with van der Waals surface area (Å²) in [6.45, 7) is 2.84. The third kappa shape index (κ3) is 4.79. The Balaban J connectivity index is 2.43. The molecule has 1 aliphatic heterocycles. The Morgan fingerprint density at radius 3 is 2.84 bits per heavy atom. The maximum Gasteiger partial charge on any atom is 0.328 e. The summed E-state index contributed by atoms with van der Waals surface area (Å²) in [7, 11) is -0.923. The SMILES string of the molecule is CC(CCNC(=O)N1CCOCC1C(=O)O)S(C)=O. The number of aliphatic carboxylic acids is 1. The molecular formula is C11H20N2O5S. The molecule has 2 N–H and O–H groups in total. The number of hydrogen-bond acceptors (Lipinski definition) is 4. The Morgan fingerprint density at radius 1 is 1.58 bits per heavy atom. The van der Waals surface area contributed by atoms with Gasteiger partial charge in [-0.3, -0.25) is 4.21 Å². The fourth-order valence-electron chi connectivity index (χ4n) is 1.70. The van der Waals surface area contributed by atoms with E-state index >= 15 is 0 Å². The number of amides is 2. The molecule has 3 unspecified atom stereocenters. The summed E-state index contributed by atoms with van der Waals surface area (Å²) in [6, 6.07) is -1.35. The number of carbonyl (C=O) groups excluding carboxylic acids is 1. The van der Waals surface area contributed by atoms with Crippen molar-refractivity contribution in [2.24, 2.45) is 0 Å². The predicted molar refractivity (Wildman–Crippen MR) is 70.5 cm³/mol. The van der Waals surface area contributed by atoms with Gasteiger partial charge in [0.1, 0.15) is 0 Å². The Hall–Kier alpha value is -1.15. The fraction of sp³-hybridized carbons (Fsp3) is 0.818. The van der Waals surface area contributed by atoms with Crippen molar-refractivity contribution < 1.29 is 23.6 Å². The number of rotatable bonds is 5. The van der Waals surface area contributed by atoms with Crippen LogP contribution in [-0.4, -0.2) is 70.1 Å². The first-order valence-electron chi connectivity index (χ1n) is 6.10. The molecule has 0 aliphatic carbocycles. The van der Waals surface area contributed by atoms with Crippen molar-refractivity contribution >= 4 is 22.8 Å². The quantitative estimate of drug-likeness (QED) is 0.721. The molecule has 0 radical (unpaired) electrons. The van der Waals surface area contributed by atoms with Crippen molar-refractivity contribution in [2.75, 3.05) is 32.6 Å². The molecule has 0 aromatic carbocycles. The van der Waals surface area contributed by atoms with Gasteiger partial charge in [0.2, 0.25) is 0 Å². The van der Waals surface area contributed by atoms with Crippen LogP contribution in [0.25, 0.3) is 0 Å². The van der Waals surface area contributed by atoms with Gasteiger partial charge in [-0.1, -0.05) is 6.92 Å². The van der Waals surface area contributed by atoms with Crippen LogP contribution < -0.4 is 5.32 Å². The van der Waals surface area contributed by atoms with Gasteiger partial charge in [-0.05, 0) is 6.42 Å². The molecular weight excluding hydrogens is 272 g/mol. The Bertz CT molecular complexity index is 363. The Morgan fingerprint density at radius 2 is 2.26 bits per heavy atom. The van der Waals surface area contributed by atoms with Gasteiger partial charge < -0.3 is 20.1 Å². The molecule has 0 bridgehead atoms. The minimum atomic E-state index is -1.07. The normalized spacial score (nSPS) is 22.6. The molecule has 1 heterocycles. The molecule has 110 valence electrons. The van der Waals surface area contributed by atoms with Crippen LogP contribution in [0.3, 0.4) is 0 Å². The Kier molecular flexibility index (Phi) is 6.23. The lowest BCUT2D eigenvalue weighted by Gasteiger charge is -2.32. The average Bonchev–Trinajstić information content (AvgIpc) is 2.38. The lowest BCUT2D eigenvalue weighted by molar-refractivity contribution is -0.147. The van der Waals surface area contributed by atoms with E-state index in [0.717, 1.165) is 0 Å². The molecule has 1 saturated heterocycles. The number of urea groups is 1. The second-order valence-electron chi connectivity index (χ2n) is 4.45. The van der Waals surface area contributed by atoms with Gasteiger partial charge >= 0.3 is 12.0 Å². The largest absolute Gasteiger partial charge is 0.480 e. The van der Waals surface area contributed by atoms with Gasteiger partial charge in [-0.25, -0.2) is 9.59 Å². The van der Waals surface area contributed by atoms with Crippen LogP contribution >= 0.6 is 0 Å². The van der Waals surface area contributed by atoms with E-state index < -0.39 is 28.8 Å². The van der Waals surface area contributed by atoms with Crippen LogP contribution in [0.15, 0.2) is 0 Å². The molecule has 19 heavy (non-hydrogen) atoms. The van der Waals surface area contributed by atoms with Crippen LogP contribution in [0.4, 0.5) is 4.79 Å². The van der Waals surface area contributed by atoms with Gasteiger partial charge in [-0.15, -0.1) is 0 Å². The van der Waals surface area contributed by atoms with E-state index in [1.165, 1.54) is 4.90 Å². The maximum atomic E-state index is 11.9. The van der Waals surface area contributed by atoms with E-state index in [-0.39, 0.29) is 18.4 Å². The van der Waals surface area contributed by atoms with Crippen LogP contribution in [0.5, 0.6) is 0 Å². The van der Waals surface area contributed by atoms with Crippen molar-refractivity contribution in [3.05, 3.63) is 0 Å². The van der Waals surface area contributed by atoms with E-state index in [4.69, 9.17) is 9.84 Å². The number of carboxylic acids is 1. The smallest absolute Gasteiger partial charge is 0.328 e. The maximum absolute atomic E-state index is 11.9. The van der Waals surface area contributed by atoms with Crippen molar-refractivity contribution in [3.8, 4) is 0 Å². The van der Waals surface area contributed by atoms with Crippen LogP contribution in [0, 0.1) is 0 Å². The summed E-state index contributed by atoms with van der Waals surface area (Å²) in [5.74, 6) is -1.07. The van der Waals surface area contributed by atoms with Crippen LogP contribution in [0.2, 0.25) is 0 Å².